The summed E-state index contributed by atoms with van der Waals surface area (Å²) >= 11 is 0. The molecule has 0 bridgehead atoms. The van der Waals surface area contributed by atoms with Gasteiger partial charge in [0.25, 0.3) is 0 Å². The maximum atomic E-state index is 5.97. The van der Waals surface area contributed by atoms with Gasteiger partial charge >= 0.3 is 0 Å². The lowest BCUT2D eigenvalue weighted by atomic mass is 10.1. The molecule has 0 saturated carbocycles. The molecular weight excluding hydrogens is 266 g/mol. The van der Waals surface area contributed by atoms with Gasteiger partial charge < -0.3 is 19.2 Å². The molecule has 2 aromatic rings. The molecule has 4 heteroatoms. The van der Waals surface area contributed by atoms with Crippen LogP contribution in [0.2, 0.25) is 0 Å². The molecule has 0 amide bonds. The number of hydrogen-bond acceptors (Lipinski definition) is 4. The third-order valence-electron chi connectivity index (χ3n) is 3.47. The molecule has 21 heavy (non-hydrogen) atoms. The highest BCUT2D eigenvalue weighted by Gasteiger charge is 2.15. The minimum absolute atomic E-state index is 0.185. The quantitative estimate of drug-likeness (QED) is 0.719. The van der Waals surface area contributed by atoms with Crippen molar-refractivity contribution >= 4 is 11.0 Å². The van der Waals surface area contributed by atoms with Crippen molar-refractivity contribution in [3.8, 4) is 0 Å². The van der Waals surface area contributed by atoms with Gasteiger partial charge in [-0.1, -0.05) is 18.6 Å². The van der Waals surface area contributed by atoms with Gasteiger partial charge in [0.15, 0.2) is 0 Å². The molecule has 0 aliphatic rings. The highest BCUT2D eigenvalue weighted by atomic mass is 16.5. The van der Waals surface area contributed by atoms with Crippen LogP contribution in [0.5, 0.6) is 0 Å². The van der Waals surface area contributed by atoms with Crippen LogP contribution in [0, 0.1) is 6.92 Å². The van der Waals surface area contributed by atoms with Gasteiger partial charge in [0.05, 0.1) is 19.3 Å². The third kappa shape index (κ3) is 4.56. The summed E-state index contributed by atoms with van der Waals surface area (Å²) in [6, 6.07) is 8.58. The normalized spacial score (nSPS) is 12.9. The van der Waals surface area contributed by atoms with Crippen molar-refractivity contribution in [3.05, 3.63) is 35.6 Å². The van der Waals surface area contributed by atoms with Crippen LogP contribution in [0.25, 0.3) is 11.0 Å². The zero-order valence-electron chi connectivity index (χ0n) is 13.1. The molecule has 1 aromatic carbocycles. The average Bonchev–Trinajstić information content (AvgIpc) is 2.88. The van der Waals surface area contributed by atoms with Gasteiger partial charge in [-0.05, 0) is 38.1 Å². The van der Waals surface area contributed by atoms with Crippen LogP contribution < -0.4 is 5.32 Å². The van der Waals surface area contributed by atoms with Crippen molar-refractivity contribution in [1.82, 2.24) is 5.32 Å². The Balaban J connectivity index is 2.01. The van der Waals surface area contributed by atoms with E-state index in [9.17, 15) is 0 Å². The maximum absolute atomic E-state index is 5.97. The van der Waals surface area contributed by atoms with Gasteiger partial charge in [-0.2, -0.15) is 0 Å². The predicted octanol–water partition coefficient (Wildman–Crippen LogP) is 3.44. The van der Waals surface area contributed by atoms with E-state index in [0.29, 0.717) is 19.8 Å². The van der Waals surface area contributed by atoms with Gasteiger partial charge in [0, 0.05) is 19.1 Å². The summed E-state index contributed by atoms with van der Waals surface area (Å²) in [5.41, 5.74) is 2.19. The first-order valence-corrected chi connectivity index (χ1v) is 7.54. The zero-order valence-corrected chi connectivity index (χ0v) is 13.1. The van der Waals surface area contributed by atoms with Gasteiger partial charge in [0.2, 0.25) is 0 Å². The molecule has 0 spiro atoms. The molecule has 1 heterocycles. The van der Waals surface area contributed by atoms with Crippen molar-refractivity contribution in [1.29, 1.82) is 0 Å². The molecule has 0 fully saturated rings. The summed E-state index contributed by atoms with van der Waals surface area (Å²) in [6.07, 6.45) is 0.885. The Hall–Kier alpha value is -1.36. The van der Waals surface area contributed by atoms with Crippen LogP contribution in [-0.4, -0.2) is 33.5 Å². The first-order valence-electron chi connectivity index (χ1n) is 7.54. The lowest BCUT2D eigenvalue weighted by Crippen LogP contribution is -2.22. The smallest absolute Gasteiger partial charge is 0.134 e. The standard InChI is InChI=1S/C17H25NO3/c1-4-18-15(7-8-20-10-9-19-3)17-12-14-11-13(2)5-6-16(14)21-17/h5-6,11-12,15,18H,4,7-10H2,1-3H3. The lowest BCUT2D eigenvalue weighted by molar-refractivity contribution is 0.0650. The largest absolute Gasteiger partial charge is 0.459 e. The number of ether oxygens (including phenoxy) is 2. The molecule has 0 radical (unpaired) electrons. The lowest BCUT2D eigenvalue weighted by Gasteiger charge is -2.15. The zero-order chi connectivity index (χ0) is 15.1. The Kier molecular flexibility index (Phi) is 6.23. The summed E-state index contributed by atoms with van der Waals surface area (Å²) in [7, 11) is 1.68. The number of aryl methyl sites for hydroxylation is 1. The summed E-state index contributed by atoms with van der Waals surface area (Å²) in [5, 5.41) is 4.62. The van der Waals surface area contributed by atoms with Crippen molar-refractivity contribution in [2.24, 2.45) is 0 Å². The van der Waals surface area contributed by atoms with Gasteiger partial charge in [0.1, 0.15) is 11.3 Å². The van der Waals surface area contributed by atoms with E-state index in [-0.39, 0.29) is 6.04 Å². The minimum Gasteiger partial charge on any atom is -0.459 e. The van der Waals surface area contributed by atoms with E-state index in [4.69, 9.17) is 13.9 Å². The molecule has 1 unspecified atom stereocenters. The summed E-state index contributed by atoms with van der Waals surface area (Å²) in [4.78, 5) is 0. The number of methoxy groups -OCH3 is 1. The minimum atomic E-state index is 0.185. The molecule has 1 N–H and O–H groups in total. The Morgan fingerprint density at radius 1 is 1.19 bits per heavy atom. The van der Waals surface area contributed by atoms with Gasteiger partial charge in [-0.25, -0.2) is 0 Å². The van der Waals surface area contributed by atoms with E-state index in [2.05, 4.69) is 37.4 Å². The van der Waals surface area contributed by atoms with E-state index in [1.165, 1.54) is 5.56 Å². The fourth-order valence-electron chi connectivity index (χ4n) is 2.39. The summed E-state index contributed by atoms with van der Waals surface area (Å²) in [6.45, 7) is 7.06. The molecule has 0 aliphatic carbocycles. The molecule has 4 nitrogen and oxygen atoms in total. The van der Waals surface area contributed by atoms with E-state index in [1.54, 1.807) is 7.11 Å². The predicted molar refractivity (Wildman–Crippen MR) is 84.7 cm³/mol. The van der Waals surface area contributed by atoms with Crippen LogP contribution >= 0.6 is 0 Å². The molecule has 0 aliphatic heterocycles. The Labute approximate surface area is 126 Å². The number of nitrogens with one attached hydrogen (secondary N) is 1. The molecule has 1 aromatic heterocycles. The van der Waals surface area contributed by atoms with E-state index in [1.807, 2.05) is 6.07 Å². The second-order valence-electron chi connectivity index (χ2n) is 5.19. The van der Waals surface area contributed by atoms with Crippen molar-refractivity contribution in [3.63, 3.8) is 0 Å². The monoisotopic (exact) mass is 291 g/mol. The van der Waals surface area contributed by atoms with Crippen molar-refractivity contribution in [2.45, 2.75) is 26.3 Å². The van der Waals surface area contributed by atoms with E-state index < -0.39 is 0 Å². The number of benzene rings is 1. The first kappa shape index (κ1) is 16.0. The van der Waals surface area contributed by atoms with Crippen molar-refractivity contribution < 1.29 is 13.9 Å². The Morgan fingerprint density at radius 2 is 2.05 bits per heavy atom. The highest BCUT2D eigenvalue weighted by molar-refractivity contribution is 5.78. The maximum Gasteiger partial charge on any atom is 0.134 e. The molecule has 0 saturated heterocycles. The molecule has 116 valence electrons. The van der Waals surface area contributed by atoms with Gasteiger partial charge in [-0.15, -0.1) is 0 Å². The molecule has 2 rings (SSSR count). The van der Waals surface area contributed by atoms with Crippen LogP contribution in [-0.2, 0) is 9.47 Å². The Morgan fingerprint density at radius 3 is 2.81 bits per heavy atom. The molecule has 1 atom stereocenters. The topological polar surface area (TPSA) is 43.6 Å². The number of furan rings is 1. The fourth-order valence-corrected chi connectivity index (χ4v) is 2.39. The Bertz CT molecular complexity index is 550. The fraction of sp³-hybridized carbons (Fsp3) is 0.529. The number of hydrogen-bond donors (Lipinski definition) is 1. The number of fused-ring (bicyclic) bond motifs is 1. The summed E-state index contributed by atoms with van der Waals surface area (Å²) in [5.74, 6) is 0.979. The van der Waals surface area contributed by atoms with E-state index in [0.717, 1.165) is 29.7 Å². The van der Waals surface area contributed by atoms with Crippen LogP contribution in [0.3, 0.4) is 0 Å². The average molecular weight is 291 g/mol. The molecular formula is C17H25NO3. The summed E-state index contributed by atoms with van der Waals surface area (Å²) < 4.78 is 16.5. The first-order chi connectivity index (χ1) is 10.2. The second kappa shape index (κ2) is 8.17. The van der Waals surface area contributed by atoms with Crippen molar-refractivity contribution in [2.75, 3.05) is 33.5 Å². The highest BCUT2D eigenvalue weighted by Crippen LogP contribution is 2.26. The van der Waals surface area contributed by atoms with Gasteiger partial charge in [-0.3, -0.25) is 0 Å². The number of rotatable bonds is 9. The van der Waals surface area contributed by atoms with Crippen LogP contribution in [0.1, 0.15) is 30.7 Å². The van der Waals surface area contributed by atoms with Crippen LogP contribution in [0.15, 0.2) is 28.7 Å². The van der Waals surface area contributed by atoms with E-state index >= 15 is 0 Å². The second-order valence-corrected chi connectivity index (χ2v) is 5.19. The van der Waals surface area contributed by atoms with Crippen LogP contribution in [0.4, 0.5) is 0 Å². The SMILES string of the molecule is CCNC(CCOCCOC)c1cc2cc(C)ccc2o1. The third-order valence-corrected chi connectivity index (χ3v) is 3.47.